The molecular weight excluding hydrogens is 362 g/mol. The molecule has 0 bridgehead atoms. The van der Waals surface area contributed by atoms with E-state index in [4.69, 9.17) is 19.0 Å². The van der Waals surface area contributed by atoms with Crippen LogP contribution in [0.4, 0.5) is 8.78 Å². The summed E-state index contributed by atoms with van der Waals surface area (Å²) in [5.41, 5.74) is 1.16. The van der Waals surface area contributed by atoms with E-state index in [1.165, 1.54) is 25.4 Å². The van der Waals surface area contributed by atoms with Gasteiger partial charge in [0.1, 0.15) is 11.4 Å². The minimum absolute atomic E-state index is 0.141. The van der Waals surface area contributed by atoms with E-state index in [9.17, 15) is 13.6 Å². The van der Waals surface area contributed by atoms with Crippen molar-refractivity contribution in [2.24, 2.45) is 0 Å². The van der Waals surface area contributed by atoms with Crippen molar-refractivity contribution >= 4 is 5.97 Å². The normalized spacial score (nSPS) is 10.8. The van der Waals surface area contributed by atoms with Gasteiger partial charge in [0.25, 0.3) is 5.89 Å². The van der Waals surface area contributed by atoms with Crippen LogP contribution in [0.3, 0.4) is 0 Å². The van der Waals surface area contributed by atoms with Crippen LogP contribution in [0.15, 0.2) is 47.0 Å². The van der Waals surface area contributed by atoms with Crippen LogP contribution in [0.2, 0.25) is 0 Å². The van der Waals surface area contributed by atoms with Gasteiger partial charge < -0.3 is 19.0 Å². The number of oxazole rings is 1. The number of ether oxygens (including phenoxy) is 2. The first-order chi connectivity index (χ1) is 13.0. The Balaban J connectivity index is 1.97. The van der Waals surface area contributed by atoms with Crippen LogP contribution in [-0.2, 0) is 4.79 Å². The molecule has 0 unspecified atom stereocenters. The van der Waals surface area contributed by atoms with Crippen LogP contribution in [0.1, 0.15) is 12.3 Å². The molecule has 27 heavy (non-hydrogen) atoms. The molecule has 3 rings (SSSR count). The monoisotopic (exact) mass is 376 g/mol. The van der Waals surface area contributed by atoms with E-state index in [1.807, 2.05) is 0 Å². The van der Waals surface area contributed by atoms with E-state index in [-0.39, 0.29) is 11.5 Å². The smallest absolute Gasteiger partial charge is 0.341 e. The molecule has 0 aliphatic carbocycles. The average molecular weight is 376 g/mol. The van der Waals surface area contributed by atoms with Crippen molar-refractivity contribution in [1.82, 2.24) is 9.97 Å². The second-order valence-electron chi connectivity index (χ2n) is 5.33. The number of pyridine rings is 1. The number of hydrogen-bond acceptors (Lipinski definition) is 6. The summed E-state index contributed by atoms with van der Waals surface area (Å²) in [6.45, 7) is -0.486. The topological polar surface area (TPSA) is 94.7 Å². The Bertz CT molecular complexity index is 924. The molecule has 0 amide bonds. The maximum absolute atomic E-state index is 13.1. The highest BCUT2D eigenvalue weighted by molar-refractivity contribution is 5.77. The molecule has 0 fully saturated rings. The number of methoxy groups -OCH3 is 1. The molecule has 9 heteroatoms. The van der Waals surface area contributed by atoms with E-state index in [1.54, 1.807) is 24.3 Å². The molecule has 0 spiro atoms. The van der Waals surface area contributed by atoms with Gasteiger partial charge in [-0.2, -0.15) is 8.78 Å². The highest BCUT2D eigenvalue weighted by Crippen LogP contribution is 2.36. The van der Waals surface area contributed by atoms with Gasteiger partial charge in [-0.1, -0.05) is 0 Å². The van der Waals surface area contributed by atoms with E-state index < -0.39 is 24.9 Å². The van der Waals surface area contributed by atoms with Crippen molar-refractivity contribution in [3.05, 3.63) is 48.5 Å². The SMILES string of the molecule is COc1ccc(-c2nc(C(F)F)oc2-c2ccc(OCC(=O)O)cc2)cn1. The molecule has 0 atom stereocenters. The summed E-state index contributed by atoms with van der Waals surface area (Å²) < 4.78 is 41.5. The first kappa shape index (κ1) is 18.3. The molecule has 140 valence electrons. The fraction of sp³-hybridized carbons (Fsp3) is 0.167. The molecule has 1 N–H and O–H groups in total. The molecule has 0 saturated carbocycles. The summed E-state index contributed by atoms with van der Waals surface area (Å²) >= 11 is 0. The number of halogens is 2. The molecular formula is C18H14F2N2O5. The Labute approximate surface area is 152 Å². The first-order valence-corrected chi connectivity index (χ1v) is 7.72. The zero-order valence-electron chi connectivity index (χ0n) is 14.1. The number of rotatable bonds is 7. The molecule has 2 heterocycles. The molecule has 7 nitrogen and oxygen atoms in total. The summed E-state index contributed by atoms with van der Waals surface area (Å²) in [5, 5.41) is 8.63. The molecule has 1 aromatic carbocycles. The third-order valence-corrected chi connectivity index (χ3v) is 3.53. The third kappa shape index (κ3) is 4.20. The number of alkyl halides is 2. The quantitative estimate of drug-likeness (QED) is 0.670. The van der Waals surface area contributed by atoms with Gasteiger partial charge >= 0.3 is 12.4 Å². The Kier molecular flexibility index (Phi) is 5.30. The van der Waals surface area contributed by atoms with Crippen molar-refractivity contribution in [3.8, 4) is 34.2 Å². The largest absolute Gasteiger partial charge is 0.482 e. The first-order valence-electron chi connectivity index (χ1n) is 7.72. The minimum Gasteiger partial charge on any atom is -0.482 e. The minimum atomic E-state index is -2.87. The Morgan fingerprint density at radius 3 is 2.44 bits per heavy atom. The number of hydrogen-bond donors (Lipinski definition) is 1. The predicted octanol–water partition coefficient (Wildman–Crippen LogP) is 3.81. The van der Waals surface area contributed by atoms with Crippen molar-refractivity contribution in [2.75, 3.05) is 13.7 Å². The standard InChI is InChI=1S/C18H14F2N2O5/c1-25-13-7-4-11(8-21-13)15-16(27-18(22-15)17(19)20)10-2-5-12(6-3-10)26-9-14(23)24/h2-8,17H,9H2,1H3,(H,23,24). The lowest BCUT2D eigenvalue weighted by molar-refractivity contribution is -0.139. The summed E-state index contributed by atoms with van der Waals surface area (Å²) in [6, 6.07) is 9.37. The van der Waals surface area contributed by atoms with Gasteiger partial charge in [-0.25, -0.2) is 14.8 Å². The Morgan fingerprint density at radius 2 is 1.89 bits per heavy atom. The van der Waals surface area contributed by atoms with Crippen molar-refractivity contribution in [3.63, 3.8) is 0 Å². The van der Waals surface area contributed by atoms with Gasteiger partial charge in [-0.3, -0.25) is 0 Å². The van der Waals surface area contributed by atoms with Crippen molar-refractivity contribution in [1.29, 1.82) is 0 Å². The highest BCUT2D eigenvalue weighted by Gasteiger charge is 2.22. The molecule has 3 aromatic rings. The van der Waals surface area contributed by atoms with Crippen LogP contribution in [-0.4, -0.2) is 34.8 Å². The lowest BCUT2D eigenvalue weighted by atomic mass is 10.1. The third-order valence-electron chi connectivity index (χ3n) is 3.53. The van der Waals surface area contributed by atoms with Crippen LogP contribution in [0.5, 0.6) is 11.6 Å². The maximum Gasteiger partial charge on any atom is 0.341 e. The van der Waals surface area contributed by atoms with Gasteiger partial charge in [0, 0.05) is 23.4 Å². The maximum atomic E-state index is 13.1. The van der Waals surface area contributed by atoms with Gasteiger partial charge in [0.05, 0.1) is 7.11 Å². The Morgan fingerprint density at radius 1 is 1.19 bits per heavy atom. The van der Waals surface area contributed by atoms with Crippen molar-refractivity contribution < 1.29 is 32.6 Å². The molecule has 0 aliphatic rings. The highest BCUT2D eigenvalue weighted by atomic mass is 19.3. The van der Waals surface area contributed by atoms with Crippen LogP contribution < -0.4 is 9.47 Å². The second kappa shape index (κ2) is 7.81. The van der Waals surface area contributed by atoms with Crippen LogP contribution in [0.25, 0.3) is 22.6 Å². The number of aromatic nitrogens is 2. The molecule has 0 radical (unpaired) electrons. The molecule has 2 aromatic heterocycles. The van der Waals surface area contributed by atoms with Gasteiger partial charge in [0.2, 0.25) is 5.88 Å². The number of carboxylic acid groups (broad SMARTS) is 1. The van der Waals surface area contributed by atoms with E-state index >= 15 is 0 Å². The molecule has 0 saturated heterocycles. The number of benzene rings is 1. The van der Waals surface area contributed by atoms with E-state index in [0.29, 0.717) is 22.8 Å². The number of carboxylic acids is 1. The van der Waals surface area contributed by atoms with Gasteiger partial charge in [0.15, 0.2) is 12.4 Å². The van der Waals surface area contributed by atoms with E-state index in [0.717, 1.165) is 0 Å². The van der Waals surface area contributed by atoms with Gasteiger partial charge in [-0.05, 0) is 30.3 Å². The Hall–Kier alpha value is -3.49. The zero-order chi connectivity index (χ0) is 19.4. The van der Waals surface area contributed by atoms with Crippen molar-refractivity contribution in [2.45, 2.75) is 6.43 Å². The lowest BCUT2D eigenvalue weighted by Gasteiger charge is -2.05. The number of nitrogens with zero attached hydrogens (tertiary/aromatic N) is 2. The summed E-state index contributed by atoms with van der Waals surface area (Å²) in [5.74, 6) is -0.977. The predicted molar refractivity (Wildman–Crippen MR) is 89.8 cm³/mol. The molecule has 0 aliphatic heterocycles. The van der Waals surface area contributed by atoms with Crippen LogP contribution >= 0.6 is 0 Å². The lowest BCUT2D eigenvalue weighted by Crippen LogP contribution is -2.09. The van der Waals surface area contributed by atoms with Crippen LogP contribution in [0, 0.1) is 0 Å². The van der Waals surface area contributed by atoms with Gasteiger partial charge in [-0.15, -0.1) is 0 Å². The number of aliphatic carboxylic acids is 1. The summed E-state index contributed by atoms with van der Waals surface area (Å²) in [6.07, 6.45) is -1.43. The summed E-state index contributed by atoms with van der Waals surface area (Å²) in [4.78, 5) is 18.5. The fourth-order valence-corrected chi connectivity index (χ4v) is 2.31. The fourth-order valence-electron chi connectivity index (χ4n) is 2.31. The van der Waals surface area contributed by atoms with E-state index in [2.05, 4.69) is 9.97 Å². The zero-order valence-corrected chi connectivity index (χ0v) is 14.1. The summed E-state index contributed by atoms with van der Waals surface area (Å²) in [7, 11) is 1.46. The average Bonchev–Trinajstić information content (AvgIpc) is 3.12. The second-order valence-corrected chi connectivity index (χ2v) is 5.33. The number of carbonyl (C=O) groups is 1.